The molecule has 0 saturated carbocycles. The molecule has 1 fully saturated rings. The van der Waals surface area contributed by atoms with Crippen LogP contribution in [0.15, 0.2) is 18.0 Å². The van der Waals surface area contributed by atoms with E-state index in [0.717, 1.165) is 62.5 Å². The van der Waals surface area contributed by atoms with Crippen molar-refractivity contribution in [2.24, 2.45) is 5.73 Å². The van der Waals surface area contributed by atoms with Crippen LogP contribution in [0.2, 0.25) is 0 Å². The molecule has 0 spiro atoms. The summed E-state index contributed by atoms with van der Waals surface area (Å²) in [5, 5.41) is 0. The average molecular weight is 288 g/mol. The molecule has 1 aromatic rings. The Morgan fingerprint density at radius 1 is 1.29 bits per heavy atom. The summed E-state index contributed by atoms with van der Waals surface area (Å²) < 4.78 is 5.44. The van der Waals surface area contributed by atoms with E-state index in [9.17, 15) is 0 Å². The summed E-state index contributed by atoms with van der Waals surface area (Å²) in [4.78, 5) is 6.98. The molecular weight excluding hydrogens is 264 g/mol. The van der Waals surface area contributed by atoms with Gasteiger partial charge in [-0.15, -0.1) is 0 Å². The Bertz CT molecular complexity index is 549. The van der Waals surface area contributed by atoms with Gasteiger partial charge in [-0.3, -0.25) is 9.88 Å². The van der Waals surface area contributed by atoms with Crippen LogP contribution in [-0.2, 0) is 4.74 Å². The summed E-state index contributed by atoms with van der Waals surface area (Å²) in [6.07, 6.45) is 4.90. The van der Waals surface area contributed by atoms with Gasteiger partial charge < -0.3 is 16.2 Å². The summed E-state index contributed by atoms with van der Waals surface area (Å²) >= 11 is 0. The number of hydrogen-bond donors (Lipinski definition) is 2. The van der Waals surface area contributed by atoms with E-state index in [1.807, 2.05) is 13.0 Å². The molecule has 114 valence electrons. The minimum atomic E-state index is 0.610. The SMILES string of the molecule is Cc1cc(N)cnc1C1=C(N)CN(C2CCOCC2)CC1. The molecule has 2 aliphatic heterocycles. The van der Waals surface area contributed by atoms with Gasteiger partial charge in [-0.05, 0) is 43.4 Å². The van der Waals surface area contributed by atoms with Crippen molar-refractivity contribution in [3.8, 4) is 0 Å². The minimum absolute atomic E-state index is 0.610. The highest BCUT2D eigenvalue weighted by molar-refractivity contribution is 5.69. The van der Waals surface area contributed by atoms with E-state index in [1.165, 1.54) is 5.57 Å². The molecule has 21 heavy (non-hydrogen) atoms. The van der Waals surface area contributed by atoms with Crippen LogP contribution in [0.25, 0.3) is 5.57 Å². The van der Waals surface area contributed by atoms with Gasteiger partial charge in [0.15, 0.2) is 0 Å². The number of aromatic nitrogens is 1. The third kappa shape index (κ3) is 3.04. The van der Waals surface area contributed by atoms with Crippen LogP contribution in [0.1, 0.15) is 30.5 Å². The first-order valence-corrected chi connectivity index (χ1v) is 7.67. The van der Waals surface area contributed by atoms with Crippen LogP contribution in [0.5, 0.6) is 0 Å². The van der Waals surface area contributed by atoms with E-state index in [-0.39, 0.29) is 0 Å². The predicted molar refractivity (Wildman–Crippen MR) is 84.5 cm³/mol. The fourth-order valence-corrected chi connectivity index (χ4v) is 3.35. The number of anilines is 1. The molecule has 0 atom stereocenters. The molecule has 0 aliphatic carbocycles. The van der Waals surface area contributed by atoms with E-state index in [0.29, 0.717) is 11.7 Å². The highest BCUT2D eigenvalue weighted by atomic mass is 16.5. The Hall–Kier alpha value is -1.59. The van der Waals surface area contributed by atoms with Gasteiger partial charge in [0.25, 0.3) is 0 Å². The first kappa shape index (κ1) is 14.4. The van der Waals surface area contributed by atoms with Gasteiger partial charge in [-0.1, -0.05) is 0 Å². The van der Waals surface area contributed by atoms with Crippen LogP contribution in [0.3, 0.4) is 0 Å². The minimum Gasteiger partial charge on any atom is -0.401 e. The molecule has 0 radical (unpaired) electrons. The van der Waals surface area contributed by atoms with Crippen molar-refractivity contribution in [1.82, 2.24) is 9.88 Å². The monoisotopic (exact) mass is 288 g/mol. The Labute approximate surface area is 126 Å². The van der Waals surface area contributed by atoms with Gasteiger partial charge >= 0.3 is 0 Å². The molecule has 4 N–H and O–H groups in total. The largest absolute Gasteiger partial charge is 0.401 e. The molecule has 0 amide bonds. The summed E-state index contributed by atoms with van der Waals surface area (Å²) in [6, 6.07) is 2.58. The zero-order valence-electron chi connectivity index (χ0n) is 12.6. The van der Waals surface area contributed by atoms with Crippen molar-refractivity contribution < 1.29 is 4.74 Å². The van der Waals surface area contributed by atoms with E-state index in [2.05, 4.69) is 9.88 Å². The van der Waals surface area contributed by atoms with Gasteiger partial charge in [0.1, 0.15) is 0 Å². The van der Waals surface area contributed by atoms with Crippen LogP contribution in [0, 0.1) is 6.92 Å². The zero-order valence-corrected chi connectivity index (χ0v) is 12.6. The number of rotatable bonds is 2. The predicted octanol–water partition coefficient (Wildman–Crippen LogP) is 1.53. The third-order valence-electron chi connectivity index (χ3n) is 4.50. The van der Waals surface area contributed by atoms with Crippen LogP contribution in [0.4, 0.5) is 5.69 Å². The molecule has 3 heterocycles. The molecule has 0 bridgehead atoms. The van der Waals surface area contributed by atoms with Crippen molar-refractivity contribution in [3.63, 3.8) is 0 Å². The van der Waals surface area contributed by atoms with Gasteiger partial charge in [-0.2, -0.15) is 0 Å². The summed E-state index contributed by atoms with van der Waals surface area (Å²) in [7, 11) is 0. The molecule has 0 unspecified atom stereocenters. The standard InChI is InChI=1S/C16H24N4O/c1-11-8-12(17)9-19-16(11)14-2-5-20(10-15(14)18)13-3-6-21-7-4-13/h8-9,13H,2-7,10,17-18H2,1H3. The lowest BCUT2D eigenvalue weighted by atomic mass is 9.96. The fourth-order valence-electron chi connectivity index (χ4n) is 3.35. The maximum atomic E-state index is 6.35. The molecule has 1 aromatic heterocycles. The summed E-state index contributed by atoms with van der Waals surface area (Å²) in [5.41, 5.74) is 17.1. The molecule has 3 rings (SSSR count). The van der Waals surface area contributed by atoms with Crippen LogP contribution < -0.4 is 11.5 Å². The average Bonchev–Trinajstić information content (AvgIpc) is 2.49. The second-order valence-corrected chi connectivity index (χ2v) is 6.00. The van der Waals surface area contributed by atoms with Crippen molar-refractivity contribution in [2.75, 3.05) is 32.0 Å². The second-order valence-electron chi connectivity index (χ2n) is 6.00. The lowest BCUT2D eigenvalue weighted by Gasteiger charge is -2.37. The zero-order chi connectivity index (χ0) is 14.8. The number of nitrogens with zero attached hydrogens (tertiary/aromatic N) is 2. The maximum Gasteiger partial charge on any atom is 0.0710 e. The number of nitrogen functional groups attached to an aromatic ring is 1. The number of nitrogens with two attached hydrogens (primary N) is 2. The number of aryl methyl sites for hydroxylation is 1. The van der Waals surface area contributed by atoms with Crippen molar-refractivity contribution in [1.29, 1.82) is 0 Å². The first-order valence-electron chi connectivity index (χ1n) is 7.67. The van der Waals surface area contributed by atoms with E-state index in [1.54, 1.807) is 6.20 Å². The van der Waals surface area contributed by atoms with Gasteiger partial charge in [-0.25, -0.2) is 0 Å². The van der Waals surface area contributed by atoms with Crippen molar-refractivity contribution in [3.05, 3.63) is 29.2 Å². The highest BCUT2D eigenvalue weighted by Crippen LogP contribution is 2.29. The lowest BCUT2D eigenvalue weighted by molar-refractivity contribution is 0.0366. The second kappa shape index (κ2) is 6.03. The smallest absolute Gasteiger partial charge is 0.0710 e. The van der Waals surface area contributed by atoms with Crippen molar-refractivity contribution in [2.45, 2.75) is 32.2 Å². The maximum absolute atomic E-state index is 6.35. The molecule has 1 saturated heterocycles. The van der Waals surface area contributed by atoms with Crippen molar-refractivity contribution >= 4 is 11.3 Å². The van der Waals surface area contributed by atoms with Gasteiger partial charge in [0, 0.05) is 38.0 Å². The molecule has 2 aliphatic rings. The van der Waals surface area contributed by atoms with E-state index in [4.69, 9.17) is 16.2 Å². The van der Waals surface area contributed by atoms with E-state index < -0.39 is 0 Å². The Morgan fingerprint density at radius 3 is 2.71 bits per heavy atom. The highest BCUT2D eigenvalue weighted by Gasteiger charge is 2.26. The molecular formula is C16H24N4O. The normalized spacial score (nSPS) is 21.8. The van der Waals surface area contributed by atoms with Gasteiger partial charge in [0.2, 0.25) is 0 Å². The Balaban J connectivity index is 1.78. The number of ether oxygens (including phenoxy) is 1. The van der Waals surface area contributed by atoms with Crippen LogP contribution in [-0.4, -0.2) is 42.2 Å². The lowest BCUT2D eigenvalue weighted by Crippen LogP contribution is -2.44. The molecule has 5 heteroatoms. The van der Waals surface area contributed by atoms with Crippen LogP contribution >= 0.6 is 0 Å². The molecule has 5 nitrogen and oxygen atoms in total. The van der Waals surface area contributed by atoms with Gasteiger partial charge in [0.05, 0.1) is 17.6 Å². The first-order chi connectivity index (χ1) is 10.1. The Morgan fingerprint density at radius 2 is 2.05 bits per heavy atom. The third-order valence-corrected chi connectivity index (χ3v) is 4.50. The summed E-state index contributed by atoms with van der Waals surface area (Å²) in [6.45, 7) is 5.67. The molecule has 0 aromatic carbocycles. The topological polar surface area (TPSA) is 77.4 Å². The number of hydrogen-bond acceptors (Lipinski definition) is 5. The Kier molecular flexibility index (Phi) is 4.12. The quantitative estimate of drug-likeness (QED) is 0.863. The number of pyridine rings is 1. The summed E-state index contributed by atoms with van der Waals surface area (Å²) in [5.74, 6) is 0. The van der Waals surface area contributed by atoms with E-state index >= 15 is 0 Å². The fraction of sp³-hybridized carbons (Fsp3) is 0.562.